The fourth-order valence-corrected chi connectivity index (χ4v) is 1.97. The largest absolute Gasteiger partial charge is 0.464 e. The second-order valence-electron chi connectivity index (χ2n) is 6.34. The SMILES string of the molecule is CCOC(=O)C(NC(C)(C)C)Oc1cccc(CC(C)O)c1. The molecule has 0 heterocycles. The van der Waals surface area contributed by atoms with Gasteiger partial charge in [0, 0.05) is 5.54 Å². The van der Waals surface area contributed by atoms with E-state index in [0.29, 0.717) is 18.8 Å². The fraction of sp³-hybridized carbons (Fsp3) is 0.588. The molecule has 22 heavy (non-hydrogen) atoms. The van der Waals surface area contributed by atoms with E-state index in [2.05, 4.69) is 5.32 Å². The van der Waals surface area contributed by atoms with Crippen molar-refractivity contribution in [3.05, 3.63) is 29.8 Å². The summed E-state index contributed by atoms with van der Waals surface area (Å²) in [5.74, 6) is 0.117. The average Bonchev–Trinajstić information content (AvgIpc) is 2.36. The Balaban J connectivity index is 2.86. The average molecular weight is 309 g/mol. The predicted octanol–water partition coefficient (Wildman–Crippen LogP) is 2.27. The Kier molecular flexibility index (Phi) is 6.84. The van der Waals surface area contributed by atoms with Crippen molar-refractivity contribution in [2.75, 3.05) is 6.61 Å². The summed E-state index contributed by atoms with van der Waals surface area (Å²) in [5, 5.41) is 12.6. The maximum absolute atomic E-state index is 12.0. The van der Waals surface area contributed by atoms with Crippen molar-refractivity contribution in [3.63, 3.8) is 0 Å². The van der Waals surface area contributed by atoms with E-state index in [4.69, 9.17) is 9.47 Å². The van der Waals surface area contributed by atoms with Gasteiger partial charge in [0.15, 0.2) is 0 Å². The number of hydrogen-bond donors (Lipinski definition) is 2. The molecule has 0 aliphatic heterocycles. The van der Waals surface area contributed by atoms with Crippen LogP contribution in [0.25, 0.3) is 0 Å². The summed E-state index contributed by atoms with van der Waals surface area (Å²) in [6.07, 6.45) is -0.765. The van der Waals surface area contributed by atoms with Crippen molar-refractivity contribution in [2.24, 2.45) is 0 Å². The topological polar surface area (TPSA) is 67.8 Å². The number of benzene rings is 1. The summed E-state index contributed by atoms with van der Waals surface area (Å²) >= 11 is 0. The molecule has 124 valence electrons. The Morgan fingerprint density at radius 2 is 2.05 bits per heavy atom. The highest BCUT2D eigenvalue weighted by molar-refractivity contribution is 5.74. The highest BCUT2D eigenvalue weighted by atomic mass is 16.6. The van der Waals surface area contributed by atoms with Crippen molar-refractivity contribution in [3.8, 4) is 5.75 Å². The molecule has 0 aromatic heterocycles. The molecule has 0 amide bonds. The minimum absolute atomic E-state index is 0.297. The highest BCUT2D eigenvalue weighted by Crippen LogP contribution is 2.17. The van der Waals surface area contributed by atoms with Crippen LogP contribution in [0.1, 0.15) is 40.2 Å². The highest BCUT2D eigenvalue weighted by Gasteiger charge is 2.26. The van der Waals surface area contributed by atoms with Crippen LogP contribution in [0, 0.1) is 0 Å². The lowest BCUT2D eigenvalue weighted by Gasteiger charge is -2.27. The first-order valence-electron chi connectivity index (χ1n) is 7.59. The van der Waals surface area contributed by atoms with E-state index in [0.717, 1.165) is 5.56 Å². The minimum Gasteiger partial charge on any atom is -0.464 e. The van der Waals surface area contributed by atoms with Crippen LogP contribution >= 0.6 is 0 Å². The maximum Gasteiger partial charge on any atom is 0.363 e. The molecule has 0 saturated carbocycles. The summed E-state index contributed by atoms with van der Waals surface area (Å²) in [7, 11) is 0. The van der Waals surface area contributed by atoms with Crippen LogP contribution in [0.2, 0.25) is 0 Å². The summed E-state index contributed by atoms with van der Waals surface area (Å²) < 4.78 is 10.8. The van der Waals surface area contributed by atoms with Crippen LogP contribution in [0.4, 0.5) is 0 Å². The van der Waals surface area contributed by atoms with E-state index in [9.17, 15) is 9.90 Å². The molecule has 5 heteroatoms. The predicted molar refractivity (Wildman–Crippen MR) is 85.8 cm³/mol. The third-order valence-electron chi connectivity index (χ3n) is 2.75. The van der Waals surface area contributed by atoms with Crippen LogP contribution in [0.15, 0.2) is 24.3 Å². The van der Waals surface area contributed by atoms with Gasteiger partial charge in [-0.1, -0.05) is 12.1 Å². The number of rotatable bonds is 7. The number of carbonyl (C=O) groups is 1. The van der Waals surface area contributed by atoms with Crippen molar-refractivity contribution in [1.29, 1.82) is 0 Å². The lowest BCUT2D eigenvalue weighted by Crippen LogP contribution is -2.51. The van der Waals surface area contributed by atoms with Crippen molar-refractivity contribution in [2.45, 2.75) is 58.9 Å². The minimum atomic E-state index is -0.873. The second kappa shape index (κ2) is 8.15. The molecule has 2 unspecified atom stereocenters. The molecule has 0 aliphatic rings. The van der Waals surface area contributed by atoms with Gasteiger partial charge in [0.25, 0.3) is 0 Å². The maximum atomic E-state index is 12.0. The summed E-state index contributed by atoms with van der Waals surface area (Å²) in [4.78, 5) is 12.0. The standard InChI is InChI=1S/C17H27NO4/c1-6-21-16(20)15(18-17(3,4)5)22-14-9-7-8-13(11-14)10-12(2)19/h7-9,11-12,15,18-19H,6,10H2,1-5H3. The molecule has 5 nitrogen and oxygen atoms in total. The number of esters is 1. The van der Waals surface area contributed by atoms with Crippen LogP contribution in [0.5, 0.6) is 5.75 Å². The molecule has 0 bridgehead atoms. The van der Waals surface area contributed by atoms with Gasteiger partial charge < -0.3 is 14.6 Å². The number of aliphatic hydroxyl groups excluding tert-OH is 1. The number of hydrogen-bond acceptors (Lipinski definition) is 5. The van der Waals surface area contributed by atoms with E-state index >= 15 is 0 Å². The zero-order valence-electron chi connectivity index (χ0n) is 14.1. The summed E-state index contributed by atoms with van der Waals surface area (Å²) in [5.41, 5.74) is 0.653. The van der Waals surface area contributed by atoms with Gasteiger partial charge in [0.1, 0.15) is 5.75 Å². The second-order valence-corrected chi connectivity index (χ2v) is 6.34. The zero-order valence-corrected chi connectivity index (χ0v) is 14.1. The molecule has 1 aromatic rings. The van der Waals surface area contributed by atoms with E-state index < -0.39 is 18.3 Å². The van der Waals surface area contributed by atoms with Gasteiger partial charge in [0.05, 0.1) is 12.7 Å². The summed E-state index contributed by atoms with van der Waals surface area (Å²) in [6, 6.07) is 7.36. The first-order chi connectivity index (χ1) is 10.2. The first-order valence-corrected chi connectivity index (χ1v) is 7.59. The molecule has 0 radical (unpaired) electrons. The normalized spacial score (nSPS) is 14.3. The van der Waals surface area contributed by atoms with Crippen molar-refractivity contribution < 1.29 is 19.4 Å². The lowest BCUT2D eigenvalue weighted by atomic mass is 10.1. The van der Waals surface area contributed by atoms with E-state index in [1.54, 1.807) is 19.9 Å². The fourth-order valence-electron chi connectivity index (χ4n) is 1.97. The number of nitrogens with one attached hydrogen (secondary N) is 1. The van der Waals surface area contributed by atoms with Crippen molar-refractivity contribution >= 4 is 5.97 Å². The quantitative estimate of drug-likeness (QED) is 0.597. The lowest BCUT2D eigenvalue weighted by molar-refractivity contribution is -0.154. The van der Waals surface area contributed by atoms with Crippen molar-refractivity contribution in [1.82, 2.24) is 5.32 Å². The number of ether oxygens (including phenoxy) is 2. The molecule has 2 atom stereocenters. The van der Waals surface area contributed by atoms with Crippen LogP contribution in [-0.2, 0) is 16.0 Å². The van der Waals surface area contributed by atoms with Gasteiger partial charge >= 0.3 is 5.97 Å². The van der Waals surface area contributed by atoms with Gasteiger partial charge in [-0.3, -0.25) is 5.32 Å². The van der Waals surface area contributed by atoms with Crippen LogP contribution in [-0.4, -0.2) is 35.6 Å². The van der Waals surface area contributed by atoms with Gasteiger partial charge in [-0.15, -0.1) is 0 Å². The Labute approximate surface area is 132 Å². The molecular formula is C17H27NO4. The summed E-state index contributed by atoms with van der Waals surface area (Å²) in [6.45, 7) is 9.64. The van der Waals surface area contributed by atoms with Gasteiger partial charge in [-0.05, 0) is 58.7 Å². The van der Waals surface area contributed by atoms with Crippen LogP contribution < -0.4 is 10.1 Å². The molecule has 0 aliphatic carbocycles. The molecule has 0 spiro atoms. The molecule has 1 aromatic carbocycles. The van der Waals surface area contributed by atoms with E-state index in [1.165, 1.54) is 0 Å². The molecule has 2 N–H and O–H groups in total. The molecule has 1 rings (SSSR count). The van der Waals surface area contributed by atoms with Gasteiger partial charge in [-0.25, -0.2) is 4.79 Å². The monoisotopic (exact) mass is 309 g/mol. The Bertz CT molecular complexity index is 480. The smallest absolute Gasteiger partial charge is 0.363 e. The third kappa shape index (κ3) is 6.91. The number of carbonyl (C=O) groups excluding carboxylic acids is 1. The Morgan fingerprint density at radius 1 is 1.36 bits per heavy atom. The third-order valence-corrected chi connectivity index (χ3v) is 2.75. The number of aliphatic hydroxyl groups is 1. The van der Waals surface area contributed by atoms with Gasteiger partial charge in [-0.2, -0.15) is 0 Å². The zero-order chi connectivity index (χ0) is 16.8. The molecular weight excluding hydrogens is 282 g/mol. The Morgan fingerprint density at radius 3 is 2.59 bits per heavy atom. The van der Waals surface area contributed by atoms with E-state index in [-0.39, 0.29) is 5.54 Å². The van der Waals surface area contributed by atoms with Gasteiger partial charge in [0.2, 0.25) is 6.23 Å². The molecule has 0 saturated heterocycles. The Hall–Kier alpha value is -1.59. The molecule has 0 fully saturated rings. The van der Waals surface area contributed by atoms with Crippen LogP contribution in [0.3, 0.4) is 0 Å². The first kappa shape index (κ1) is 18.5. The van der Waals surface area contributed by atoms with E-state index in [1.807, 2.05) is 39.0 Å².